The molecule has 140 valence electrons. The van der Waals surface area contributed by atoms with Gasteiger partial charge < -0.3 is 15.0 Å². The van der Waals surface area contributed by atoms with Gasteiger partial charge in [0.25, 0.3) is 0 Å². The Morgan fingerprint density at radius 1 is 1.36 bits per heavy atom. The van der Waals surface area contributed by atoms with Crippen LogP contribution in [-0.4, -0.2) is 57.9 Å². The molecule has 1 heterocycles. The summed E-state index contributed by atoms with van der Waals surface area (Å²) in [4.78, 5) is 13.5. The summed E-state index contributed by atoms with van der Waals surface area (Å²) in [5.41, 5.74) is 0.860. The molecule has 2 rings (SSSR count). The van der Waals surface area contributed by atoms with E-state index < -0.39 is 21.9 Å². The summed E-state index contributed by atoms with van der Waals surface area (Å²) in [6.07, 6.45) is 0.926. The van der Waals surface area contributed by atoms with Crippen LogP contribution in [0.4, 0.5) is 13.6 Å². The lowest BCUT2D eigenvalue weighted by atomic mass is 10.1. The van der Waals surface area contributed by atoms with E-state index in [-0.39, 0.29) is 18.3 Å². The van der Waals surface area contributed by atoms with E-state index in [2.05, 4.69) is 14.8 Å². The molecular weight excluding hydrogens is 356 g/mol. The number of amides is 2. The van der Waals surface area contributed by atoms with E-state index >= 15 is 0 Å². The third kappa shape index (κ3) is 5.53. The Labute approximate surface area is 145 Å². The zero-order valence-corrected chi connectivity index (χ0v) is 14.6. The highest BCUT2D eigenvalue weighted by molar-refractivity contribution is 7.90. The van der Waals surface area contributed by atoms with Gasteiger partial charge in [-0.3, -0.25) is 0 Å². The maximum Gasteiger partial charge on any atom is 0.387 e. The van der Waals surface area contributed by atoms with Crippen molar-refractivity contribution in [2.45, 2.75) is 24.7 Å². The van der Waals surface area contributed by atoms with Gasteiger partial charge in [0.05, 0.1) is 5.25 Å². The first-order valence-electron chi connectivity index (χ1n) is 7.80. The fourth-order valence-electron chi connectivity index (χ4n) is 2.60. The Kier molecular flexibility index (Phi) is 6.54. The largest absolute Gasteiger partial charge is 0.435 e. The molecule has 7 nitrogen and oxygen atoms in total. The van der Waals surface area contributed by atoms with Gasteiger partial charge in [-0.05, 0) is 37.6 Å². The summed E-state index contributed by atoms with van der Waals surface area (Å²) < 4.78 is 54.2. The molecule has 2 amide bonds. The van der Waals surface area contributed by atoms with Crippen LogP contribution in [0.2, 0.25) is 0 Å². The maximum atomic E-state index is 12.1. The lowest BCUT2D eigenvalue weighted by Gasteiger charge is -2.17. The third-order valence-electron chi connectivity index (χ3n) is 3.99. The molecule has 0 aliphatic carbocycles. The molecule has 1 aliphatic heterocycles. The van der Waals surface area contributed by atoms with E-state index in [0.717, 1.165) is 5.56 Å². The second kappa shape index (κ2) is 8.43. The highest BCUT2D eigenvalue weighted by Gasteiger charge is 2.34. The van der Waals surface area contributed by atoms with Gasteiger partial charge in [-0.1, -0.05) is 12.1 Å². The maximum absolute atomic E-state index is 12.1. The summed E-state index contributed by atoms with van der Waals surface area (Å²) in [7, 11) is -2.02. The van der Waals surface area contributed by atoms with Crippen LogP contribution in [0.25, 0.3) is 0 Å². The van der Waals surface area contributed by atoms with Crippen molar-refractivity contribution in [3.8, 4) is 5.75 Å². The number of alkyl halides is 2. The Balaban J connectivity index is 1.76. The van der Waals surface area contributed by atoms with E-state index in [1.807, 2.05) is 0 Å². The predicted molar refractivity (Wildman–Crippen MR) is 88.1 cm³/mol. The van der Waals surface area contributed by atoms with Crippen molar-refractivity contribution in [2.75, 3.05) is 26.7 Å². The number of urea groups is 1. The predicted octanol–water partition coefficient (Wildman–Crippen LogP) is 1.16. The van der Waals surface area contributed by atoms with Gasteiger partial charge in [-0.25, -0.2) is 17.9 Å². The molecule has 0 aromatic heterocycles. The number of rotatable bonds is 7. The minimum absolute atomic E-state index is 0.0802. The Morgan fingerprint density at radius 3 is 2.64 bits per heavy atom. The van der Waals surface area contributed by atoms with Crippen molar-refractivity contribution in [1.29, 1.82) is 0 Å². The molecule has 1 aliphatic rings. The van der Waals surface area contributed by atoms with Gasteiger partial charge in [0.1, 0.15) is 5.75 Å². The molecule has 10 heteroatoms. The van der Waals surface area contributed by atoms with Gasteiger partial charge in [0, 0.05) is 19.6 Å². The van der Waals surface area contributed by atoms with Crippen molar-refractivity contribution in [3.63, 3.8) is 0 Å². The Hall–Kier alpha value is -1.94. The number of carbonyl (C=O) groups is 1. The first-order valence-corrected chi connectivity index (χ1v) is 9.35. The van der Waals surface area contributed by atoms with E-state index in [0.29, 0.717) is 25.9 Å². The number of nitrogens with zero attached hydrogens (tertiary/aromatic N) is 1. The lowest BCUT2D eigenvalue weighted by Crippen LogP contribution is -2.41. The van der Waals surface area contributed by atoms with E-state index in [4.69, 9.17) is 0 Å². The van der Waals surface area contributed by atoms with Crippen LogP contribution in [0.15, 0.2) is 24.3 Å². The van der Waals surface area contributed by atoms with Crippen LogP contribution in [-0.2, 0) is 16.4 Å². The molecule has 0 unspecified atom stereocenters. The summed E-state index contributed by atoms with van der Waals surface area (Å²) in [6.45, 7) is -1.96. The standard InChI is InChI=1S/C15H21F2N3O4S/c1-18-25(22,23)13-7-9-20(10-13)15(21)19-8-6-11-2-4-12(5-3-11)24-14(16)17/h2-5,13-14,18H,6-10H2,1H3,(H,19,21)/t13-/m0/s1. The van der Waals surface area contributed by atoms with Crippen molar-refractivity contribution in [2.24, 2.45) is 0 Å². The molecular formula is C15H21F2N3O4S. The second-order valence-electron chi connectivity index (χ2n) is 5.61. The molecule has 1 fully saturated rings. The highest BCUT2D eigenvalue weighted by Crippen LogP contribution is 2.16. The van der Waals surface area contributed by atoms with Crippen LogP contribution >= 0.6 is 0 Å². The zero-order chi connectivity index (χ0) is 18.4. The molecule has 0 saturated carbocycles. The summed E-state index contributed by atoms with van der Waals surface area (Å²) in [5.74, 6) is 0.0802. The fourth-order valence-corrected chi connectivity index (χ4v) is 3.72. The monoisotopic (exact) mass is 377 g/mol. The molecule has 1 aromatic rings. The first-order chi connectivity index (χ1) is 11.8. The number of nitrogens with one attached hydrogen (secondary N) is 2. The fraction of sp³-hybridized carbons (Fsp3) is 0.533. The lowest BCUT2D eigenvalue weighted by molar-refractivity contribution is -0.0498. The highest BCUT2D eigenvalue weighted by atomic mass is 32.2. The number of hydrogen-bond donors (Lipinski definition) is 2. The number of ether oxygens (including phenoxy) is 1. The topological polar surface area (TPSA) is 87.7 Å². The molecule has 1 aromatic carbocycles. The summed E-state index contributed by atoms with van der Waals surface area (Å²) >= 11 is 0. The minimum Gasteiger partial charge on any atom is -0.435 e. The average molecular weight is 377 g/mol. The van der Waals surface area contributed by atoms with E-state index in [1.165, 1.54) is 24.1 Å². The number of carbonyl (C=O) groups excluding carboxylic acids is 1. The average Bonchev–Trinajstić information content (AvgIpc) is 3.07. The second-order valence-corrected chi connectivity index (χ2v) is 7.78. The molecule has 25 heavy (non-hydrogen) atoms. The third-order valence-corrected chi connectivity index (χ3v) is 5.83. The van der Waals surface area contributed by atoms with E-state index in [9.17, 15) is 22.0 Å². The summed E-state index contributed by atoms with van der Waals surface area (Å²) in [5, 5.41) is 2.14. The van der Waals surface area contributed by atoms with Crippen molar-refractivity contribution >= 4 is 16.1 Å². The smallest absolute Gasteiger partial charge is 0.387 e. The number of likely N-dealkylation sites (tertiary alicyclic amines) is 1. The van der Waals surface area contributed by atoms with Crippen LogP contribution in [0.5, 0.6) is 5.75 Å². The molecule has 0 spiro atoms. The Morgan fingerprint density at radius 2 is 2.04 bits per heavy atom. The van der Waals surface area contributed by atoms with Gasteiger partial charge in [0.2, 0.25) is 10.0 Å². The molecule has 0 radical (unpaired) electrons. The minimum atomic E-state index is -3.38. The van der Waals surface area contributed by atoms with Crippen LogP contribution in [0, 0.1) is 0 Å². The molecule has 2 N–H and O–H groups in total. The number of sulfonamides is 1. The number of hydrogen-bond acceptors (Lipinski definition) is 4. The van der Waals surface area contributed by atoms with E-state index in [1.54, 1.807) is 12.1 Å². The SMILES string of the molecule is CNS(=O)(=O)[C@H]1CCN(C(=O)NCCc2ccc(OC(F)F)cc2)C1. The van der Waals surface area contributed by atoms with Gasteiger partial charge >= 0.3 is 12.6 Å². The number of benzene rings is 1. The van der Waals surface area contributed by atoms with Crippen LogP contribution in [0.3, 0.4) is 0 Å². The van der Waals surface area contributed by atoms with Crippen molar-refractivity contribution in [3.05, 3.63) is 29.8 Å². The quantitative estimate of drug-likeness (QED) is 0.747. The zero-order valence-electron chi connectivity index (χ0n) is 13.7. The van der Waals surface area contributed by atoms with Crippen molar-refractivity contribution < 1.29 is 26.7 Å². The number of halogens is 2. The van der Waals surface area contributed by atoms with Crippen LogP contribution in [0.1, 0.15) is 12.0 Å². The van der Waals surface area contributed by atoms with Gasteiger partial charge in [-0.15, -0.1) is 0 Å². The van der Waals surface area contributed by atoms with Gasteiger partial charge in [0.15, 0.2) is 0 Å². The van der Waals surface area contributed by atoms with Gasteiger partial charge in [-0.2, -0.15) is 8.78 Å². The molecule has 1 atom stereocenters. The summed E-state index contributed by atoms with van der Waals surface area (Å²) in [6, 6.07) is 5.87. The molecule has 0 bridgehead atoms. The normalized spacial score (nSPS) is 17.8. The molecule has 1 saturated heterocycles. The Bertz CT molecular complexity index is 683. The van der Waals surface area contributed by atoms with Crippen molar-refractivity contribution in [1.82, 2.24) is 14.9 Å². The first kappa shape index (κ1) is 19.4. The van der Waals surface area contributed by atoms with Crippen LogP contribution < -0.4 is 14.8 Å².